The van der Waals surface area contributed by atoms with Crippen molar-refractivity contribution in [3.63, 3.8) is 0 Å². The van der Waals surface area contributed by atoms with E-state index in [4.69, 9.17) is 5.73 Å². The molecular formula is C14H28N2O. The summed E-state index contributed by atoms with van der Waals surface area (Å²) in [7, 11) is 1.93. The predicted molar refractivity (Wildman–Crippen MR) is 71.6 cm³/mol. The summed E-state index contributed by atoms with van der Waals surface area (Å²) in [5.74, 6) is 0.867. The summed E-state index contributed by atoms with van der Waals surface area (Å²) in [4.78, 5) is 14.5. The SMILES string of the molecule is CCC(C)(C)N(C)C(=O)C1CC(N)CCC1C. The lowest BCUT2D eigenvalue weighted by Crippen LogP contribution is -2.50. The van der Waals surface area contributed by atoms with Crippen molar-refractivity contribution in [3.05, 3.63) is 0 Å². The standard InChI is InChI=1S/C14H28N2O/c1-6-14(3,4)16(5)13(17)12-9-11(15)8-7-10(12)2/h10-12H,6-9,15H2,1-5H3. The molecule has 1 aliphatic carbocycles. The molecule has 3 atom stereocenters. The Bertz CT molecular complexity index is 275. The van der Waals surface area contributed by atoms with Crippen molar-refractivity contribution in [2.24, 2.45) is 17.6 Å². The maximum atomic E-state index is 12.5. The van der Waals surface area contributed by atoms with Gasteiger partial charge in [0.15, 0.2) is 0 Å². The van der Waals surface area contributed by atoms with Gasteiger partial charge in [-0.15, -0.1) is 0 Å². The van der Waals surface area contributed by atoms with E-state index in [1.807, 2.05) is 11.9 Å². The van der Waals surface area contributed by atoms with Crippen LogP contribution in [-0.4, -0.2) is 29.4 Å². The zero-order valence-electron chi connectivity index (χ0n) is 12.0. The van der Waals surface area contributed by atoms with Gasteiger partial charge in [0.05, 0.1) is 0 Å². The van der Waals surface area contributed by atoms with Gasteiger partial charge in [0.1, 0.15) is 0 Å². The number of nitrogens with zero attached hydrogens (tertiary/aromatic N) is 1. The van der Waals surface area contributed by atoms with Crippen LogP contribution in [0, 0.1) is 11.8 Å². The van der Waals surface area contributed by atoms with E-state index in [-0.39, 0.29) is 23.4 Å². The first-order valence-electron chi connectivity index (χ1n) is 6.82. The molecule has 3 heteroatoms. The molecule has 0 aromatic rings. The van der Waals surface area contributed by atoms with Gasteiger partial charge in [-0.25, -0.2) is 0 Å². The van der Waals surface area contributed by atoms with Gasteiger partial charge in [-0.2, -0.15) is 0 Å². The van der Waals surface area contributed by atoms with Crippen molar-refractivity contribution in [1.29, 1.82) is 0 Å². The molecule has 0 aromatic carbocycles. The van der Waals surface area contributed by atoms with E-state index in [0.717, 1.165) is 25.7 Å². The second kappa shape index (κ2) is 5.38. The topological polar surface area (TPSA) is 46.3 Å². The Labute approximate surface area is 106 Å². The highest BCUT2D eigenvalue weighted by atomic mass is 16.2. The average Bonchev–Trinajstić information content (AvgIpc) is 2.30. The lowest BCUT2D eigenvalue weighted by molar-refractivity contribution is -0.142. The number of carbonyl (C=O) groups is 1. The Balaban J connectivity index is 2.74. The van der Waals surface area contributed by atoms with Gasteiger partial charge in [-0.3, -0.25) is 4.79 Å². The van der Waals surface area contributed by atoms with E-state index in [0.29, 0.717) is 5.92 Å². The molecule has 0 saturated heterocycles. The third kappa shape index (κ3) is 3.21. The van der Waals surface area contributed by atoms with Crippen LogP contribution in [0.4, 0.5) is 0 Å². The van der Waals surface area contributed by atoms with E-state index in [9.17, 15) is 4.79 Å². The molecule has 2 N–H and O–H groups in total. The van der Waals surface area contributed by atoms with Gasteiger partial charge >= 0.3 is 0 Å². The van der Waals surface area contributed by atoms with Crippen molar-refractivity contribution in [1.82, 2.24) is 4.90 Å². The largest absolute Gasteiger partial charge is 0.340 e. The van der Waals surface area contributed by atoms with E-state index in [1.54, 1.807) is 0 Å². The highest BCUT2D eigenvalue weighted by molar-refractivity contribution is 5.79. The van der Waals surface area contributed by atoms with Crippen LogP contribution in [0.3, 0.4) is 0 Å². The number of rotatable bonds is 3. The highest BCUT2D eigenvalue weighted by Crippen LogP contribution is 2.32. The van der Waals surface area contributed by atoms with Crippen LogP contribution in [0.1, 0.15) is 53.4 Å². The third-order valence-corrected chi connectivity index (χ3v) is 4.66. The normalized spacial score (nSPS) is 30.1. The van der Waals surface area contributed by atoms with Crippen molar-refractivity contribution < 1.29 is 4.79 Å². The number of nitrogens with two attached hydrogens (primary N) is 1. The van der Waals surface area contributed by atoms with Gasteiger partial charge in [0.2, 0.25) is 5.91 Å². The molecule has 0 spiro atoms. The quantitative estimate of drug-likeness (QED) is 0.823. The molecule has 1 fully saturated rings. The third-order valence-electron chi connectivity index (χ3n) is 4.66. The van der Waals surface area contributed by atoms with Crippen molar-refractivity contribution in [2.75, 3.05) is 7.05 Å². The van der Waals surface area contributed by atoms with E-state index < -0.39 is 0 Å². The molecule has 1 amide bonds. The molecule has 1 saturated carbocycles. The smallest absolute Gasteiger partial charge is 0.226 e. The lowest BCUT2D eigenvalue weighted by Gasteiger charge is -2.40. The number of amides is 1. The average molecular weight is 240 g/mol. The number of carbonyl (C=O) groups excluding carboxylic acids is 1. The lowest BCUT2D eigenvalue weighted by atomic mass is 9.77. The van der Waals surface area contributed by atoms with Crippen LogP contribution in [0.2, 0.25) is 0 Å². The zero-order valence-corrected chi connectivity index (χ0v) is 12.0. The van der Waals surface area contributed by atoms with E-state index in [2.05, 4.69) is 27.7 Å². The molecule has 3 nitrogen and oxygen atoms in total. The molecule has 1 rings (SSSR count). The van der Waals surface area contributed by atoms with Gasteiger partial charge in [0.25, 0.3) is 0 Å². The number of hydrogen-bond donors (Lipinski definition) is 1. The minimum Gasteiger partial charge on any atom is -0.340 e. The Hall–Kier alpha value is -0.570. The fraction of sp³-hybridized carbons (Fsp3) is 0.929. The summed E-state index contributed by atoms with van der Waals surface area (Å²) in [5.41, 5.74) is 5.94. The summed E-state index contributed by atoms with van der Waals surface area (Å²) in [6, 6.07) is 0.207. The summed E-state index contributed by atoms with van der Waals surface area (Å²) in [5, 5.41) is 0. The predicted octanol–water partition coefficient (Wildman–Crippen LogP) is 2.40. The van der Waals surface area contributed by atoms with Gasteiger partial charge in [0, 0.05) is 24.5 Å². The fourth-order valence-corrected chi connectivity index (χ4v) is 2.48. The Morgan fingerprint density at radius 3 is 2.53 bits per heavy atom. The Kier molecular flexibility index (Phi) is 4.59. The first-order chi connectivity index (χ1) is 7.79. The van der Waals surface area contributed by atoms with Crippen LogP contribution in [-0.2, 0) is 4.79 Å². The zero-order chi connectivity index (χ0) is 13.2. The van der Waals surface area contributed by atoms with Gasteiger partial charge in [-0.05, 0) is 45.4 Å². The van der Waals surface area contributed by atoms with Gasteiger partial charge in [-0.1, -0.05) is 13.8 Å². The van der Waals surface area contributed by atoms with Crippen LogP contribution >= 0.6 is 0 Å². The van der Waals surface area contributed by atoms with Crippen molar-refractivity contribution in [2.45, 2.75) is 65.0 Å². The minimum absolute atomic E-state index is 0.0572. The summed E-state index contributed by atoms with van der Waals surface area (Å²) >= 11 is 0. The van der Waals surface area contributed by atoms with E-state index >= 15 is 0 Å². The maximum Gasteiger partial charge on any atom is 0.226 e. The first kappa shape index (κ1) is 14.5. The Morgan fingerprint density at radius 1 is 1.41 bits per heavy atom. The fourth-order valence-electron chi connectivity index (χ4n) is 2.48. The molecule has 1 aliphatic rings. The monoisotopic (exact) mass is 240 g/mol. The Morgan fingerprint density at radius 2 is 2.00 bits per heavy atom. The molecule has 0 bridgehead atoms. The molecule has 17 heavy (non-hydrogen) atoms. The summed E-state index contributed by atoms with van der Waals surface area (Å²) in [6.45, 7) is 8.55. The van der Waals surface area contributed by atoms with Gasteiger partial charge < -0.3 is 10.6 Å². The van der Waals surface area contributed by atoms with E-state index in [1.165, 1.54) is 0 Å². The minimum atomic E-state index is -0.0572. The molecule has 0 aromatic heterocycles. The second-order valence-electron chi connectivity index (χ2n) is 6.22. The van der Waals surface area contributed by atoms with Crippen LogP contribution in [0.5, 0.6) is 0 Å². The molecule has 3 unspecified atom stereocenters. The molecule has 0 heterocycles. The maximum absolute atomic E-state index is 12.5. The summed E-state index contributed by atoms with van der Waals surface area (Å²) in [6.07, 6.45) is 3.97. The van der Waals surface area contributed by atoms with Crippen LogP contribution in [0.25, 0.3) is 0 Å². The van der Waals surface area contributed by atoms with Crippen LogP contribution < -0.4 is 5.73 Å². The number of hydrogen-bond acceptors (Lipinski definition) is 2. The molecular weight excluding hydrogens is 212 g/mol. The highest BCUT2D eigenvalue weighted by Gasteiger charge is 2.36. The van der Waals surface area contributed by atoms with Crippen molar-refractivity contribution in [3.8, 4) is 0 Å². The summed E-state index contributed by atoms with van der Waals surface area (Å²) < 4.78 is 0. The second-order valence-corrected chi connectivity index (χ2v) is 6.22. The molecule has 100 valence electrons. The van der Waals surface area contributed by atoms with Crippen molar-refractivity contribution >= 4 is 5.91 Å². The molecule has 0 aliphatic heterocycles. The first-order valence-corrected chi connectivity index (χ1v) is 6.82. The molecule has 0 radical (unpaired) electrons. The van der Waals surface area contributed by atoms with Crippen LogP contribution in [0.15, 0.2) is 0 Å².